The van der Waals surface area contributed by atoms with E-state index in [2.05, 4.69) is 4.99 Å². The molecular weight excluding hydrogens is 132 g/mol. The lowest BCUT2D eigenvalue weighted by Crippen LogP contribution is -2.25. The molecular formula is C5H10N4O. The summed E-state index contributed by atoms with van der Waals surface area (Å²) in [4.78, 5) is 13.3. The van der Waals surface area contributed by atoms with E-state index in [1.54, 1.807) is 6.92 Å². The fraction of sp³-hybridized carbons (Fsp3) is 0.400. The minimum Gasteiger partial charge on any atom is -0.386 e. The van der Waals surface area contributed by atoms with Crippen molar-refractivity contribution in [2.75, 3.05) is 0 Å². The maximum atomic E-state index is 10.1. The lowest BCUT2D eigenvalue weighted by Gasteiger charge is -2.00. The Morgan fingerprint density at radius 1 is 1.70 bits per heavy atom. The van der Waals surface area contributed by atoms with Gasteiger partial charge in [-0.25, -0.2) is 4.79 Å². The molecule has 56 valence electrons. The zero-order valence-electron chi connectivity index (χ0n) is 5.66. The summed E-state index contributed by atoms with van der Waals surface area (Å²) in [5.41, 5.74) is 9.93. The van der Waals surface area contributed by atoms with Crippen LogP contribution in [0.15, 0.2) is 4.99 Å². The number of nitrogens with one attached hydrogen (secondary N) is 1. The molecule has 0 saturated heterocycles. The molecule has 0 aliphatic carbocycles. The summed E-state index contributed by atoms with van der Waals surface area (Å²) in [7, 11) is 0. The Morgan fingerprint density at radius 3 is 2.50 bits per heavy atom. The van der Waals surface area contributed by atoms with Crippen molar-refractivity contribution >= 4 is 18.1 Å². The third-order valence-electron chi connectivity index (χ3n) is 0.956. The van der Waals surface area contributed by atoms with E-state index < -0.39 is 6.03 Å². The van der Waals surface area contributed by atoms with E-state index in [1.807, 2.05) is 0 Å². The van der Waals surface area contributed by atoms with E-state index in [0.29, 0.717) is 0 Å². The molecule has 5 nitrogen and oxygen atoms in total. The van der Waals surface area contributed by atoms with Crippen LogP contribution in [0.5, 0.6) is 0 Å². The number of primary amides is 1. The summed E-state index contributed by atoms with van der Waals surface area (Å²) in [6.07, 6.45) is 1.09. The Balaban J connectivity index is 4.18. The van der Waals surface area contributed by atoms with Crippen molar-refractivity contribution in [3.63, 3.8) is 0 Å². The zero-order valence-corrected chi connectivity index (χ0v) is 5.66. The van der Waals surface area contributed by atoms with Gasteiger partial charge in [-0.3, -0.25) is 0 Å². The summed E-state index contributed by atoms with van der Waals surface area (Å²) in [5.74, 6) is -0.255. The first-order valence-electron chi connectivity index (χ1n) is 2.72. The first-order valence-corrected chi connectivity index (χ1v) is 2.72. The van der Waals surface area contributed by atoms with Crippen LogP contribution in [0.3, 0.4) is 0 Å². The highest BCUT2D eigenvalue weighted by Gasteiger charge is 2.02. The molecule has 5 heteroatoms. The van der Waals surface area contributed by atoms with Gasteiger partial charge in [0.05, 0.1) is 0 Å². The Bertz CT molecular complexity index is 174. The smallest absolute Gasteiger partial charge is 0.340 e. The van der Waals surface area contributed by atoms with Crippen molar-refractivity contribution < 1.29 is 4.79 Å². The number of amides is 2. The number of nitrogens with zero attached hydrogens (tertiary/aromatic N) is 1. The summed E-state index contributed by atoms with van der Waals surface area (Å²) in [6, 6.07) is -0.828. The number of hydrogen-bond acceptors (Lipinski definition) is 2. The van der Waals surface area contributed by atoms with Crippen LogP contribution >= 0.6 is 0 Å². The lowest BCUT2D eigenvalue weighted by molar-refractivity contribution is 0.256. The number of rotatable bonds is 2. The number of carbonyl (C=O) groups is 1. The first-order chi connectivity index (χ1) is 4.57. The quantitative estimate of drug-likeness (QED) is 0.364. The molecule has 0 spiro atoms. The van der Waals surface area contributed by atoms with Gasteiger partial charge in [0.1, 0.15) is 5.84 Å². The predicted molar refractivity (Wildman–Crippen MR) is 39.2 cm³/mol. The van der Waals surface area contributed by atoms with Crippen molar-refractivity contribution in [3.05, 3.63) is 0 Å². The molecule has 0 fully saturated rings. The van der Waals surface area contributed by atoms with Gasteiger partial charge in [-0.05, 0) is 0 Å². The van der Waals surface area contributed by atoms with Gasteiger partial charge in [-0.2, -0.15) is 4.99 Å². The average Bonchev–Trinajstić information content (AvgIpc) is 1.85. The lowest BCUT2D eigenvalue weighted by atomic mass is 10.2. The van der Waals surface area contributed by atoms with Crippen LogP contribution in [-0.2, 0) is 0 Å². The molecule has 0 aliphatic rings. The second kappa shape index (κ2) is 3.60. The molecule has 2 amide bonds. The Hall–Kier alpha value is -1.39. The van der Waals surface area contributed by atoms with Crippen LogP contribution in [0.4, 0.5) is 4.79 Å². The molecule has 0 bridgehead atoms. The van der Waals surface area contributed by atoms with Crippen LogP contribution in [0.2, 0.25) is 0 Å². The van der Waals surface area contributed by atoms with Gasteiger partial charge < -0.3 is 16.9 Å². The molecule has 1 atom stereocenters. The molecule has 0 radical (unpaired) electrons. The van der Waals surface area contributed by atoms with E-state index in [9.17, 15) is 4.79 Å². The monoisotopic (exact) mass is 142 g/mol. The molecule has 5 N–H and O–H groups in total. The highest BCUT2D eigenvalue weighted by atomic mass is 16.2. The third-order valence-corrected chi connectivity index (χ3v) is 0.956. The summed E-state index contributed by atoms with van der Waals surface area (Å²) >= 11 is 0. The molecule has 0 aromatic rings. The number of hydrogen-bond donors (Lipinski definition) is 3. The normalized spacial score (nSPS) is 14.3. The van der Waals surface area contributed by atoms with Gasteiger partial charge in [0, 0.05) is 12.1 Å². The number of aliphatic imine (C=N–C) groups is 1. The van der Waals surface area contributed by atoms with E-state index in [4.69, 9.17) is 16.9 Å². The minimum atomic E-state index is -0.828. The van der Waals surface area contributed by atoms with Crippen molar-refractivity contribution in [2.24, 2.45) is 22.4 Å². The predicted octanol–water partition coefficient (Wildman–Crippen LogP) is -0.292. The maximum Gasteiger partial charge on any atom is 0.340 e. The van der Waals surface area contributed by atoms with Crippen LogP contribution in [0.1, 0.15) is 6.92 Å². The second-order valence-corrected chi connectivity index (χ2v) is 1.83. The largest absolute Gasteiger partial charge is 0.386 e. The molecule has 0 rings (SSSR count). The van der Waals surface area contributed by atoms with E-state index in [0.717, 1.165) is 6.21 Å². The summed E-state index contributed by atoms with van der Waals surface area (Å²) in [6.45, 7) is 1.65. The number of nitrogens with two attached hydrogens (primary N) is 2. The molecule has 1 unspecified atom stereocenters. The van der Waals surface area contributed by atoms with Gasteiger partial charge in [0.25, 0.3) is 0 Å². The zero-order chi connectivity index (χ0) is 8.15. The highest BCUT2D eigenvalue weighted by molar-refractivity contribution is 6.00. The second-order valence-electron chi connectivity index (χ2n) is 1.83. The van der Waals surface area contributed by atoms with Crippen molar-refractivity contribution in [1.82, 2.24) is 0 Å². The highest BCUT2D eigenvalue weighted by Crippen LogP contribution is 1.88. The molecule has 0 aromatic carbocycles. The van der Waals surface area contributed by atoms with Gasteiger partial charge in [0.15, 0.2) is 0 Å². The molecule has 0 aliphatic heterocycles. The first kappa shape index (κ1) is 8.61. The topological polar surface area (TPSA) is 105 Å². The molecule has 10 heavy (non-hydrogen) atoms. The minimum absolute atomic E-state index is 0.0718. The number of carbonyl (C=O) groups excluding carboxylic acids is 1. The SMILES string of the molecule is CC(C=N)C(N)=NC(N)=O. The van der Waals surface area contributed by atoms with Crippen molar-refractivity contribution in [1.29, 1.82) is 5.41 Å². The number of amidine groups is 1. The molecule has 0 aromatic heterocycles. The number of urea groups is 1. The van der Waals surface area contributed by atoms with Gasteiger partial charge in [-0.15, -0.1) is 0 Å². The molecule has 0 heterocycles. The average molecular weight is 142 g/mol. The van der Waals surface area contributed by atoms with E-state index in [1.165, 1.54) is 0 Å². The van der Waals surface area contributed by atoms with E-state index in [-0.39, 0.29) is 11.8 Å². The van der Waals surface area contributed by atoms with Crippen LogP contribution in [0, 0.1) is 11.3 Å². The van der Waals surface area contributed by atoms with Crippen LogP contribution in [-0.4, -0.2) is 18.1 Å². The Morgan fingerprint density at radius 2 is 2.20 bits per heavy atom. The fourth-order valence-electron chi connectivity index (χ4n) is 0.314. The summed E-state index contributed by atoms with van der Waals surface area (Å²) in [5, 5.41) is 6.75. The van der Waals surface area contributed by atoms with Gasteiger partial charge in [-0.1, -0.05) is 6.92 Å². The maximum absolute atomic E-state index is 10.1. The fourth-order valence-corrected chi connectivity index (χ4v) is 0.314. The van der Waals surface area contributed by atoms with Crippen LogP contribution < -0.4 is 11.5 Å². The van der Waals surface area contributed by atoms with Gasteiger partial charge >= 0.3 is 6.03 Å². The van der Waals surface area contributed by atoms with E-state index >= 15 is 0 Å². The van der Waals surface area contributed by atoms with Crippen molar-refractivity contribution in [3.8, 4) is 0 Å². The summed E-state index contributed by atoms with van der Waals surface area (Å²) < 4.78 is 0. The third kappa shape index (κ3) is 2.81. The Kier molecular flexibility index (Phi) is 3.10. The van der Waals surface area contributed by atoms with Gasteiger partial charge in [0.2, 0.25) is 0 Å². The molecule has 0 saturated carbocycles. The standard InChI is InChI=1S/C5H10N4O/c1-3(2-6)4(7)9-5(8)10/h2-3,6H,1H3,(H4,7,8,9,10). The Labute approximate surface area is 58.6 Å². The van der Waals surface area contributed by atoms with Crippen molar-refractivity contribution in [2.45, 2.75) is 6.92 Å². The van der Waals surface area contributed by atoms with Crippen LogP contribution in [0.25, 0.3) is 0 Å².